The number of carbonyl (C=O) groups is 2. The van der Waals surface area contributed by atoms with E-state index in [1.807, 2.05) is 0 Å². The molecule has 2 amide bonds. The van der Waals surface area contributed by atoms with Crippen LogP contribution in [0.25, 0.3) is 0 Å². The zero-order valence-electron chi connectivity index (χ0n) is 10.6. The average Bonchev–Trinajstić information content (AvgIpc) is 2.15. The van der Waals surface area contributed by atoms with E-state index in [4.69, 9.17) is 5.11 Å². The molecule has 0 fully saturated rings. The van der Waals surface area contributed by atoms with E-state index in [-0.39, 0.29) is 24.5 Å². The minimum Gasteiger partial charge on any atom is -0.394 e. The molecule has 3 N–H and O–H groups in total. The van der Waals surface area contributed by atoms with Crippen molar-refractivity contribution < 1.29 is 14.7 Å². The van der Waals surface area contributed by atoms with E-state index < -0.39 is 11.5 Å². The fourth-order valence-electron chi connectivity index (χ4n) is 0.892. The highest BCUT2D eigenvalue weighted by atomic mass is 16.3. The molecule has 2 atom stereocenters. The lowest BCUT2D eigenvalue weighted by atomic mass is 9.95. The highest BCUT2D eigenvalue weighted by Crippen LogP contribution is 2.12. The quantitative estimate of drug-likeness (QED) is 0.638. The number of hydrogen-bond donors (Lipinski definition) is 3. The van der Waals surface area contributed by atoms with Crippen LogP contribution in [0.1, 0.15) is 34.6 Å². The van der Waals surface area contributed by atoms with Gasteiger partial charge in [-0.25, -0.2) is 0 Å². The fraction of sp³-hybridized carbons (Fsp3) is 0.818. The lowest BCUT2D eigenvalue weighted by Crippen LogP contribution is -2.50. The number of carbonyl (C=O) groups excluding carboxylic acids is 2. The lowest BCUT2D eigenvalue weighted by Gasteiger charge is -2.22. The van der Waals surface area contributed by atoms with Crippen LogP contribution in [-0.4, -0.2) is 35.6 Å². The van der Waals surface area contributed by atoms with Crippen molar-refractivity contribution in [2.24, 2.45) is 5.41 Å². The van der Waals surface area contributed by atoms with E-state index in [1.165, 1.54) is 0 Å². The van der Waals surface area contributed by atoms with Gasteiger partial charge in [-0.2, -0.15) is 0 Å². The molecule has 94 valence electrons. The normalized spacial score (nSPS) is 15.1. The Morgan fingerprint density at radius 2 is 1.69 bits per heavy atom. The molecular formula is C11H22N2O3. The first-order valence-electron chi connectivity index (χ1n) is 5.40. The summed E-state index contributed by atoms with van der Waals surface area (Å²) < 4.78 is 0. The highest BCUT2D eigenvalue weighted by Gasteiger charge is 2.25. The van der Waals surface area contributed by atoms with Crippen molar-refractivity contribution in [2.75, 3.05) is 6.61 Å². The third-order valence-corrected chi connectivity index (χ3v) is 2.08. The van der Waals surface area contributed by atoms with Crippen LogP contribution in [0.2, 0.25) is 0 Å². The third kappa shape index (κ3) is 5.11. The molecule has 0 radical (unpaired) electrons. The van der Waals surface area contributed by atoms with Crippen molar-refractivity contribution in [2.45, 2.75) is 46.7 Å². The maximum atomic E-state index is 11.6. The Kier molecular flexibility index (Phi) is 5.44. The van der Waals surface area contributed by atoms with E-state index in [9.17, 15) is 9.59 Å². The minimum atomic E-state index is -0.597. The van der Waals surface area contributed by atoms with Gasteiger partial charge < -0.3 is 15.7 Å². The largest absolute Gasteiger partial charge is 0.394 e. The van der Waals surface area contributed by atoms with Gasteiger partial charge in [-0.3, -0.25) is 9.59 Å². The highest BCUT2D eigenvalue weighted by molar-refractivity contribution is 5.89. The smallest absolute Gasteiger partial charge is 0.242 e. The van der Waals surface area contributed by atoms with Crippen molar-refractivity contribution in [1.29, 1.82) is 0 Å². The molecule has 16 heavy (non-hydrogen) atoms. The molecule has 0 heterocycles. The van der Waals surface area contributed by atoms with Gasteiger partial charge in [-0.1, -0.05) is 20.8 Å². The van der Waals surface area contributed by atoms with Crippen molar-refractivity contribution >= 4 is 11.8 Å². The van der Waals surface area contributed by atoms with Crippen LogP contribution in [0, 0.1) is 5.41 Å². The average molecular weight is 230 g/mol. The van der Waals surface area contributed by atoms with Gasteiger partial charge in [0, 0.05) is 11.5 Å². The molecule has 5 heteroatoms. The molecule has 0 aliphatic rings. The van der Waals surface area contributed by atoms with Crippen molar-refractivity contribution in [1.82, 2.24) is 10.6 Å². The van der Waals surface area contributed by atoms with E-state index in [2.05, 4.69) is 10.6 Å². The maximum Gasteiger partial charge on any atom is 0.242 e. The summed E-state index contributed by atoms with van der Waals surface area (Å²) in [5.74, 6) is -0.467. The standard InChI is InChI=1S/C11H22N2O3/c1-7(6-14)12-9(15)8(2)13-10(16)11(3,4)5/h7-8,14H,6H2,1-5H3,(H,12,15)(H,13,16)/t7-,8?/m1/s1. The lowest BCUT2D eigenvalue weighted by molar-refractivity contribution is -0.133. The van der Waals surface area contributed by atoms with E-state index in [0.29, 0.717) is 0 Å². The van der Waals surface area contributed by atoms with Gasteiger partial charge in [0.1, 0.15) is 6.04 Å². The molecule has 0 aliphatic heterocycles. The van der Waals surface area contributed by atoms with Crippen LogP contribution in [0.15, 0.2) is 0 Å². The minimum absolute atomic E-state index is 0.119. The second-order valence-corrected chi connectivity index (χ2v) is 5.04. The molecule has 0 saturated heterocycles. The Labute approximate surface area is 96.6 Å². The predicted octanol–water partition coefficient (Wildman–Crippen LogP) is 0.0342. The molecule has 0 aliphatic carbocycles. The molecule has 0 aromatic heterocycles. The molecular weight excluding hydrogens is 208 g/mol. The van der Waals surface area contributed by atoms with Gasteiger partial charge in [-0.15, -0.1) is 0 Å². The van der Waals surface area contributed by atoms with Gasteiger partial charge >= 0.3 is 0 Å². The molecule has 0 saturated carbocycles. The molecule has 1 unspecified atom stereocenters. The summed E-state index contributed by atoms with van der Waals surface area (Å²) >= 11 is 0. The molecule has 5 nitrogen and oxygen atoms in total. The Morgan fingerprint density at radius 1 is 1.19 bits per heavy atom. The number of rotatable bonds is 4. The number of amides is 2. The molecule has 0 bridgehead atoms. The summed E-state index contributed by atoms with van der Waals surface area (Å²) in [7, 11) is 0. The van der Waals surface area contributed by atoms with Crippen molar-refractivity contribution in [3.8, 4) is 0 Å². The SMILES string of the molecule is CC(NC(=O)C(C)(C)C)C(=O)N[C@H](C)CO. The van der Waals surface area contributed by atoms with Crippen LogP contribution < -0.4 is 10.6 Å². The van der Waals surface area contributed by atoms with Crippen LogP contribution in [-0.2, 0) is 9.59 Å². The Morgan fingerprint density at radius 3 is 2.06 bits per heavy atom. The Balaban J connectivity index is 4.21. The van der Waals surface area contributed by atoms with Gasteiger partial charge in [0.25, 0.3) is 0 Å². The van der Waals surface area contributed by atoms with Crippen LogP contribution in [0.4, 0.5) is 0 Å². The summed E-state index contributed by atoms with van der Waals surface area (Å²) in [6.07, 6.45) is 0. The van der Waals surface area contributed by atoms with Crippen molar-refractivity contribution in [3.63, 3.8) is 0 Å². The summed E-state index contributed by atoms with van der Waals surface area (Å²) in [5, 5.41) is 14.0. The summed E-state index contributed by atoms with van der Waals surface area (Å²) in [6.45, 7) is 8.53. The van der Waals surface area contributed by atoms with Crippen LogP contribution in [0.3, 0.4) is 0 Å². The number of nitrogens with one attached hydrogen (secondary N) is 2. The summed E-state index contributed by atoms with van der Waals surface area (Å²) in [5.41, 5.74) is -0.517. The Hall–Kier alpha value is -1.10. The molecule has 0 aromatic carbocycles. The zero-order valence-corrected chi connectivity index (χ0v) is 10.6. The monoisotopic (exact) mass is 230 g/mol. The first-order valence-corrected chi connectivity index (χ1v) is 5.40. The third-order valence-electron chi connectivity index (χ3n) is 2.08. The first kappa shape index (κ1) is 14.9. The van der Waals surface area contributed by atoms with Gasteiger partial charge in [0.05, 0.1) is 6.61 Å². The maximum absolute atomic E-state index is 11.6. The summed E-state index contributed by atoms with van der Waals surface area (Å²) in [6, 6.07) is -0.901. The molecule has 0 rings (SSSR count). The Bertz CT molecular complexity index is 258. The van der Waals surface area contributed by atoms with Gasteiger partial charge in [0.15, 0.2) is 0 Å². The molecule has 0 spiro atoms. The second kappa shape index (κ2) is 5.84. The van der Waals surface area contributed by atoms with Crippen LogP contribution >= 0.6 is 0 Å². The number of hydrogen-bond acceptors (Lipinski definition) is 3. The zero-order chi connectivity index (χ0) is 12.9. The van der Waals surface area contributed by atoms with Gasteiger partial charge in [-0.05, 0) is 13.8 Å². The fourth-order valence-corrected chi connectivity index (χ4v) is 0.892. The van der Waals surface area contributed by atoms with Crippen molar-refractivity contribution in [3.05, 3.63) is 0 Å². The van der Waals surface area contributed by atoms with Crippen LogP contribution in [0.5, 0.6) is 0 Å². The van der Waals surface area contributed by atoms with E-state index in [0.717, 1.165) is 0 Å². The molecule has 0 aromatic rings. The topological polar surface area (TPSA) is 78.4 Å². The second-order valence-electron chi connectivity index (χ2n) is 5.04. The van der Waals surface area contributed by atoms with E-state index >= 15 is 0 Å². The number of aliphatic hydroxyl groups is 1. The van der Waals surface area contributed by atoms with Gasteiger partial charge in [0.2, 0.25) is 11.8 Å². The summed E-state index contributed by atoms with van der Waals surface area (Å²) in [4.78, 5) is 23.1. The predicted molar refractivity (Wildman–Crippen MR) is 61.8 cm³/mol. The number of aliphatic hydroxyl groups excluding tert-OH is 1. The van der Waals surface area contributed by atoms with E-state index in [1.54, 1.807) is 34.6 Å². The first-order chi connectivity index (χ1) is 7.18.